The number of aliphatic hydroxyl groups is 3. The van der Waals surface area contributed by atoms with Gasteiger partial charge in [-0.3, -0.25) is 38.4 Å². The van der Waals surface area contributed by atoms with Gasteiger partial charge in [0.05, 0.1) is 128 Å². The molecule has 0 bridgehead atoms. The highest BCUT2D eigenvalue weighted by atomic mass is 16.6. The molecule has 2 unspecified atom stereocenters. The molecule has 0 aliphatic carbocycles. The number of rotatable bonds is 15. The van der Waals surface area contributed by atoms with Crippen LogP contribution in [0, 0.1) is 13.8 Å². The van der Waals surface area contributed by atoms with Gasteiger partial charge >= 0.3 is 30.0 Å². The number of hydrogen-bond acceptors (Lipinski definition) is 26. The summed E-state index contributed by atoms with van der Waals surface area (Å²) < 4.78 is 33.2. The fraction of sp³-hybridized carbons (Fsp3) is 0.394. The van der Waals surface area contributed by atoms with Gasteiger partial charge in [0.15, 0.2) is 22.8 Å². The minimum absolute atomic E-state index is 0.110. The summed E-state index contributed by atoms with van der Waals surface area (Å²) in [4.78, 5) is 163. The first-order chi connectivity index (χ1) is 64.3. The SMILES string of the molecule is CCc1c2c(nc3ccc(C)cc13)-c1cc3c(c(=O)n1C2)COC(=O)[C@@]3(CC)CC(=O)C(C)NC(=O)OC(C)(C)C.CCc1c2c(nc3ccc(C)cc13)-c1cc3c(c(=O)n1C2)COC(=O)[C@]3(O)CC.CCc1c2c(nc3ccc(O)cc13)-c1cc3c(c(=O)n1C2)COC(=O)[C@@]3(CC)CC(=O)C(C)N.CCc1c2c(nc3ccc(O)cc13)-c1cc3c(c(=O)n1C2)COC(=O)[C@]3(O)CC.CO. The van der Waals surface area contributed by atoms with E-state index in [-0.39, 0.29) is 104 Å². The summed E-state index contributed by atoms with van der Waals surface area (Å²) in [6.45, 7) is 28.7. The van der Waals surface area contributed by atoms with E-state index in [1.165, 1.54) is 11.1 Å². The number of aliphatic hydroxyl groups excluding tert-OH is 1. The number of carbonyl (C=O) groups excluding carboxylic acids is 7. The van der Waals surface area contributed by atoms with Crippen molar-refractivity contribution in [2.45, 2.75) is 260 Å². The van der Waals surface area contributed by atoms with Crippen molar-refractivity contribution >= 4 is 85.1 Å². The zero-order chi connectivity index (χ0) is 97.2. The number of benzene rings is 4. The lowest BCUT2D eigenvalue weighted by molar-refractivity contribution is -0.172. The maximum atomic E-state index is 13.9. The fourth-order valence-corrected chi connectivity index (χ4v) is 20.7. The number of amides is 1. The molecule has 0 spiro atoms. The van der Waals surface area contributed by atoms with Crippen LogP contribution in [-0.4, -0.2) is 130 Å². The van der Waals surface area contributed by atoms with E-state index in [1.54, 1.807) is 122 Å². The molecule has 8 N–H and O–H groups in total. The number of phenols is 2. The highest BCUT2D eigenvalue weighted by Crippen LogP contribution is 2.49. The van der Waals surface area contributed by atoms with Gasteiger partial charge in [0.25, 0.3) is 22.2 Å². The number of aryl methyl sites for hydroxylation is 6. The maximum absolute atomic E-state index is 13.9. The van der Waals surface area contributed by atoms with E-state index < -0.39 is 69.7 Å². The number of ketones is 2. The zero-order valence-corrected chi connectivity index (χ0v) is 78.5. The Balaban J connectivity index is 0.000000131. The highest BCUT2D eigenvalue weighted by Gasteiger charge is 2.53. The van der Waals surface area contributed by atoms with Crippen molar-refractivity contribution in [1.82, 2.24) is 43.5 Å². The molecule has 0 fully saturated rings. The summed E-state index contributed by atoms with van der Waals surface area (Å²) in [6, 6.07) is 27.9. The Kier molecular flexibility index (Phi) is 24.9. The van der Waals surface area contributed by atoms with Crippen molar-refractivity contribution in [1.29, 1.82) is 0 Å². The van der Waals surface area contributed by atoms with Crippen LogP contribution in [-0.2, 0) is 153 Å². The van der Waals surface area contributed by atoms with Crippen LogP contribution in [0.5, 0.6) is 11.5 Å². The molecule has 8 aromatic heterocycles. The van der Waals surface area contributed by atoms with Crippen LogP contribution in [0.4, 0.5) is 4.79 Å². The Morgan fingerprint density at radius 2 is 0.711 bits per heavy atom. The number of carbonyl (C=O) groups is 7. The summed E-state index contributed by atoms with van der Waals surface area (Å²) in [7, 11) is 1.00. The number of esters is 4. The van der Waals surface area contributed by atoms with Crippen molar-refractivity contribution in [3.63, 3.8) is 0 Å². The predicted molar refractivity (Wildman–Crippen MR) is 504 cm³/mol. The Hall–Kier alpha value is -13.8. The first-order valence-corrected chi connectivity index (χ1v) is 45.9. The molecule has 16 heterocycles. The normalized spacial score (nSPS) is 18.9. The van der Waals surface area contributed by atoms with Crippen molar-refractivity contribution in [3.8, 4) is 57.1 Å². The topological polar surface area (TPSA) is 444 Å². The summed E-state index contributed by atoms with van der Waals surface area (Å²) in [5.74, 6) is -2.78. The molecule has 12 aromatic rings. The Morgan fingerprint density at radius 1 is 0.422 bits per heavy atom. The predicted octanol–water partition coefficient (Wildman–Crippen LogP) is 12.5. The van der Waals surface area contributed by atoms with Crippen molar-refractivity contribution in [2.24, 2.45) is 5.73 Å². The molecule has 6 atom stereocenters. The average Bonchev–Trinajstić information content (AvgIpc) is 1.61. The van der Waals surface area contributed by atoms with Gasteiger partial charge in [-0.15, -0.1) is 0 Å². The number of nitrogens with one attached hydrogen (secondary N) is 1. The number of alkyl carbamates (subject to hydrolysis) is 1. The summed E-state index contributed by atoms with van der Waals surface area (Å²) in [5.41, 5.74) is 20.2. The van der Waals surface area contributed by atoms with E-state index in [0.29, 0.717) is 124 Å². The number of nitrogens with two attached hydrogens (primary N) is 1. The lowest BCUT2D eigenvalue weighted by atomic mass is 9.70. The third-order valence-corrected chi connectivity index (χ3v) is 28.0. The molecule has 702 valence electrons. The molecule has 4 aromatic carbocycles. The number of pyridine rings is 8. The summed E-state index contributed by atoms with van der Waals surface area (Å²) >= 11 is 0. The smallest absolute Gasteiger partial charge is 0.408 e. The monoisotopic (exact) mass is 1830 g/mol. The first-order valence-electron chi connectivity index (χ1n) is 45.9. The van der Waals surface area contributed by atoms with Crippen LogP contribution < -0.4 is 33.3 Å². The molecule has 0 radical (unpaired) electrons. The van der Waals surface area contributed by atoms with Crippen LogP contribution in [0.3, 0.4) is 0 Å². The summed E-state index contributed by atoms with van der Waals surface area (Å²) in [6.07, 6.45) is 2.76. The van der Waals surface area contributed by atoms with Crippen molar-refractivity contribution in [2.75, 3.05) is 7.11 Å². The van der Waals surface area contributed by atoms with Crippen LogP contribution in [0.25, 0.3) is 89.2 Å². The van der Waals surface area contributed by atoms with Gasteiger partial charge < -0.3 is 78.5 Å². The third kappa shape index (κ3) is 15.5. The molecule has 31 nitrogen and oxygen atoms in total. The third-order valence-electron chi connectivity index (χ3n) is 28.0. The standard InChI is InChI=1S/C32H37N3O6.C26H27N3O5.C23H22N2O4.C22H20N2O5.CH4O/c1-8-19-20-12-17(3)10-11-24(20)34-27-21(19)15-35-25(27)13-23-22(28(35)37)16-40-29(38)32(23,9-2)14-26(36)18(4)33-30(39)41-31(5,6)7;1-4-15-16-8-14(30)6-7-20(16)28-23-17(15)11-29-21(23)9-19-18(24(29)32)12-34-25(33)26(19,5-2)10-22(31)13(3)27;1-4-13-14-8-12(3)6-7-18(14)24-20-15(13)10-25-19(20)9-17-16(21(25)26)11-29-22(27)23(17,28)5-2;1-3-12-13-7-11(25)5-6-17(13)23-19-14(12)9-24-18(19)8-16-15(20(24)26)10-29-21(27)22(16,28)4-2;1-2/h10-13,18H,8-9,14-16H2,1-7H3,(H,33,39);6-9,13,30H,4-5,10-12,27H2,1-3H3;6-9,28H,4-5,10-11H2,1-3H3;5-8,25,28H,3-4,9-10H2,1-2H3;2H,1H3/t18?,32-;13?,26-;23-;22-;/m0000./s1. The Morgan fingerprint density at radius 3 is 1.01 bits per heavy atom. The number of phenolic OH excluding ortho intramolecular Hbond substituents is 2. The van der Waals surface area contributed by atoms with Gasteiger partial charge in [-0.25, -0.2) is 34.3 Å². The molecule has 135 heavy (non-hydrogen) atoms. The number of hydrogen-bond donors (Lipinski definition) is 7. The highest BCUT2D eigenvalue weighted by molar-refractivity contribution is 5.99. The summed E-state index contributed by atoms with van der Waals surface area (Å²) in [5, 5.41) is 55.3. The Labute approximate surface area is 776 Å². The lowest BCUT2D eigenvalue weighted by Gasteiger charge is -2.36. The number of Topliss-reactive ketones (excluding diaryl/α,β-unsaturated/α-hetero) is 2. The van der Waals surface area contributed by atoms with Gasteiger partial charge in [0.1, 0.15) is 54.4 Å². The molecule has 31 heteroatoms. The van der Waals surface area contributed by atoms with Gasteiger partial charge in [0.2, 0.25) is 0 Å². The van der Waals surface area contributed by atoms with Crippen molar-refractivity contribution < 1.29 is 82.8 Å². The number of aromatic hydroxyl groups is 2. The van der Waals surface area contributed by atoms with Gasteiger partial charge in [-0.1, -0.05) is 78.6 Å². The van der Waals surface area contributed by atoms with E-state index >= 15 is 0 Å². The maximum Gasteiger partial charge on any atom is 0.408 e. The molecule has 0 saturated heterocycles. The lowest BCUT2D eigenvalue weighted by Crippen LogP contribution is -2.49. The molecule has 0 saturated carbocycles. The number of cyclic esters (lactones) is 4. The molecule has 20 rings (SSSR count). The zero-order valence-electron chi connectivity index (χ0n) is 78.5. The van der Waals surface area contributed by atoms with Gasteiger partial charge in [-0.05, 0) is 218 Å². The van der Waals surface area contributed by atoms with E-state index in [1.807, 2.05) is 64.1 Å². The molecular weight excluding hydrogens is 1730 g/mol. The quantitative estimate of drug-likeness (QED) is 0.0370. The Bertz CT molecular complexity index is 7180. The van der Waals surface area contributed by atoms with Crippen LogP contribution >= 0.6 is 0 Å². The van der Waals surface area contributed by atoms with Gasteiger partial charge in [-0.2, -0.15) is 0 Å². The second kappa shape index (κ2) is 35.6. The van der Waals surface area contributed by atoms with Crippen LogP contribution in [0.1, 0.15) is 229 Å². The van der Waals surface area contributed by atoms with E-state index in [4.69, 9.17) is 54.5 Å². The van der Waals surface area contributed by atoms with E-state index in [9.17, 15) is 73.2 Å². The fourth-order valence-electron chi connectivity index (χ4n) is 20.7. The minimum Gasteiger partial charge on any atom is -0.508 e. The van der Waals surface area contributed by atoms with Crippen LogP contribution in [0.15, 0.2) is 116 Å². The van der Waals surface area contributed by atoms with E-state index in [2.05, 4.69) is 38.2 Å². The minimum atomic E-state index is -1.83. The number of fused-ring (bicyclic) bond motifs is 20. The second-order valence-corrected chi connectivity index (χ2v) is 36.8. The molecule has 8 aliphatic rings. The molecule has 1 amide bonds. The largest absolute Gasteiger partial charge is 0.508 e. The first kappa shape index (κ1) is 94.4. The number of ether oxygens (including phenoxy) is 5. The average molecular weight is 1840 g/mol. The van der Waals surface area contributed by atoms with E-state index in [0.717, 1.165) is 119 Å². The van der Waals surface area contributed by atoms with Gasteiger partial charge in [0, 0.05) is 74.9 Å². The number of aromatic nitrogens is 8. The molecule has 8 aliphatic heterocycles. The number of nitrogens with zero attached hydrogens (tertiary/aromatic N) is 8. The second-order valence-electron chi connectivity index (χ2n) is 36.8. The van der Waals surface area contributed by atoms with Crippen molar-refractivity contribution in [3.05, 3.63) is 239 Å². The van der Waals surface area contributed by atoms with Crippen LogP contribution in [0.2, 0.25) is 0 Å². The molecular formula is C104H110N10O21.